The second kappa shape index (κ2) is 33.7. The highest BCUT2D eigenvalue weighted by Gasteiger charge is 2.32. The van der Waals surface area contributed by atoms with Crippen molar-refractivity contribution in [3.8, 4) is 0 Å². The van der Waals surface area contributed by atoms with E-state index in [4.69, 9.17) is 18.9 Å². The molecule has 0 amide bonds. The van der Waals surface area contributed by atoms with Crippen molar-refractivity contribution in [3.05, 3.63) is 71.8 Å². The van der Waals surface area contributed by atoms with Crippen LogP contribution in [0.15, 0.2) is 60.7 Å². The second-order valence-electron chi connectivity index (χ2n) is 15.3. The third-order valence-corrected chi connectivity index (χ3v) is 9.85. The topological polar surface area (TPSA) is 77.4 Å². The number of unbranched alkanes of at least 4 members (excludes halogenated alkanes) is 12. The summed E-state index contributed by atoms with van der Waals surface area (Å²) < 4.78 is 21.6. The maximum absolute atomic E-state index is 9.23. The molecule has 2 aromatic carbocycles. The maximum Gasteiger partial charge on any atom is 0.0716 e. The van der Waals surface area contributed by atoms with Gasteiger partial charge in [-0.25, -0.2) is 0 Å². The zero-order valence-corrected chi connectivity index (χ0v) is 32.1. The fourth-order valence-corrected chi connectivity index (χ4v) is 6.12. The van der Waals surface area contributed by atoms with Gasteiger partial charge in [0.05, 0.1) is 39.6 Å². The van der Waals surface area contributed by atoms with Crippen LogP contribution in [0.3, 0.4) is 0 Å². The first-order chi connectivity index (χ1) is 24.5. The zero-order valence-electron chi connectivity index (χ0n) is 32.1. The SMILES string of the molecule is C.C.C1CCOC1.CC(CO)(CO)CCCCCCCCCOCc1ccccc1.CC1(CCCCCCCCCOCc2ccccc2)COC1. The predicted molar refractivity (Wildman–Crippen MR) is 221 cm³/mol. The highest BCUT2D eigenvalue weighted by atomic mass is 16.5. The minimum atomic E-state index is -0.296. The lowest BCUT2D eigenvalue weighted by atomic mass is 9.83. The van der Waals surface area contributed by atoms with Crippen LogP contribution in [0.1, 0.15) is 155 Å². The van der Waals surface area contributed by atoms with Crippen molar-refractivity contribution in [2.24, 2.45) is 10.8 Å². The molecule has 0 spiro atoms. The quantitative estimate of drug-likeness (QED) is 0.0939. The summed E-state index contributed by atoms with van der Waals surface area (Å²) in [4.78, 5) is 0. The number of aliphatic hydroxyl groups excluding tert-OH is 2. The average molecular weight is 731 g/mol. The van der Waals surface area contributed by atoms with E-state index in [1.165, 1.54) is 107 Å². The molecule has 0 bridgehead atoms. The van der Waals surface area contributed by atoms with Crippen LogP contribution in [0.4, 0.5) is 0 Å². The molecule has 302 valence electrons. The summed E-state index contributed by atoms with van der Waals surface area (Å²) in [6.45, 7) is 11.6. The lowest BCUT2D eigenvalue weighted by molar-refractivity contribution is -0.106. The Balaban J connectivity index is 0.000000850. The van der Waals surface area contributed by atoms with Crippen molar-refractivity contribution in [2.45, 2.75) is 157 Å². The molecule has 2 N–H and O–H groups in total. The van der Waals surface area contributed by atoms with E-state index in [1.54, 1.807) is 0 Å². The highest BCUT2D eigenvalue weighted by molar-refractivity contribution is 5.14. The van der Waals surface area contributed by atoms with Gasteiger partial charge in [-0.2, -0.15) is 0 Å². The van der Waals surface area contributed by atoms with E-state index >= 15 is 0 Å². The number of aliphatic hydroxyl groups is 2. The van der Waals surface area contributed by atoms with Gasteiger partial charge in [-0.3, -0.25) is 0 Å². The lowest BCUT2D eigenvalue weighted by Crippen LogP contribution is -2.39. The van der Waals surface area contributed by atoms with Gasteiger partial charge in [-0.05, 0) is 49.7 Å². The standard InChI is InChI=1S/C20H34O3.C20H32O2.C4H8O.2CH4/c1-20(17-21,18-22)14-10-5-3-2-4-6-11-15-23-16-19-12-8-7-9-13-19;1-20(17-22-18-20)14-10-5-3-2-4-6-11-15-21-16-19-12-8-7-9-13-19;1-2-4-5-3-1;;/h7-9,12-13,21-22H,2-6,10-11,14-18H2,1H3;7-9,12-13H,2-6,10-11,14-18H2,1H3;1-4H2;2*1H4. The molecular weight excluding hydrogens is 649 g/mol. The van der Waals surface area contributed by atoms with Crippen LogP contribution in [0.5, 0.6) is 0 Å². The summed E-state index contributed by atoms with van der Waals surface area (Å²) in [6, 6.07) is 20.7. The molecule has 0 saturated carbocycles. The summed E-state index contributed by atoms with van der Waals surface area (Å²) in [5.41, 5.74) is 2.73. The smallest absolute Gasteiger partial charge is 0.0716 e. The van der Waals surface area contributed by atoms with Gasteiger partial charge in [0.15, 0.2) is 0 Å². The molecule has 2 heterocycles. The van der Waals surface area contributed by atoms with Gasteiger partial charge < -0.3 is 29.2 Å². The normalized spacial score (nSPS) is 14.5. The third-order valence-electron chi connectivity index (χ3n) is 9.85. The molecule has 0 aliphatic carbocycles. The summed E-state index contributed by atoms with van der Waals surface area (Å²) in [5.74, 6) is 0. The number of benzene rings is 2. The Morgan fingerprint density at radius 2 is 0.981 bits per heavy atom. The lowest BCUT2D eigenvalue weighted by Gasteiger charge is -2.38. The van der Waals surface area contributed by atoms with Gasteiger partial charge in [0, 0.05) is 37.3 Å². The first-order valence-corrected chi connectivity index (χ1v) is 20.1. The molecule has 2 aliphatic rings. The van der Waals surface area contributed by atoms with Crippen LogP contribution in [-0.2, 0) is 32.2 Å². The van der Waals surface area contributed by atoms with E-state index in [0.717, 1.165) is 72.1 Å². The fraction of sp³-hybridized carbons (Fsp3) is 0.739. The Kier molecular flexibility index (Phi) is 32.6. The van der Waals surface area contributed by atoms with Crippen LogP contribution >= 0.6 is 0 Å². The molecule has 4 rings (SSSR count). The molecule has 2 fully saturated rings. The number of rotatable bonds is 26. The Hall–Kier alpha value is -1.80. The fourth-order valence-electron chi connectivity index (χ4n) is 6.12. The van der Waals surface area contributed by atoms with Gasteiger partial charge in [-0.15, -0.1) is 0 Å². The van der Waals surface area contributed by atoms with Crippen LogP contribution in [0.25, 0.3) is 0 Å². The first-order valence-electron chi connectivity index (χ1n) is 20.1. The summed E-state index contributed by atoms with van der Waals surface area (Å²) in [5, 5.41) is 18.5. The molecular formula is C46H82O6. The van der Waals surface area contributed by atoms with Crippen LogP contribution in [0.2, 0.25) is 0 Å². The number of hydrogen-bond donors (Lipinski definition) is 2. The van der Waals surface area contributed by atoms with E-state index in [9.17, 15) is 10.2 Å². The molecule has 2 aromatic rings. The first kappa shape index (κ1) is 50.2. The molecule has 6 heteroatoms. The zero-order chi connectivity index (χ0) is 35.9. The Morgan fingerprint density at radius 1 is 0.577 bits per heavy atom. The van der Waals surface area contributed by atoms with Gasteiger partial charge in [0.25, 0.3) is 0 Å². The van der Waals surface area contributed by atoms with Gasteiger partial charge in [0.2, 0.25) is 0 Å². The van der Waals surface area contributed by atoms with Gasteiger partial charge in [-0.1, -0.05) is 166 Å². The Bertz CT molecular complexity index is 981. The summed E-state index contributed by atoms with van der Waals surface area (Å²) in [7, 11) is 0. The third kappa shape index (κ3) is 26.9. The maximum atomic E-state index is 9.23. The molecule has 6 nitrogen and oxygen atoms in total. The van der Waals surface area contributed by atoms with E-state index in [-0.39, 0.29) is 33.5 Å². The molecule has 0 atom stereocenters. The summed E-state index contributed by atoms with van der Waals surface area (Å²) >= 11 is 0. The number of hydrogen-bond acceptors (Lipinski definition) is 6. The minimum absolute atomic E-state index is 0. The van der Waals surface area contributed by atoms with Crippen LogP contribution in [-0.4, -0.2) is 63.1 Å². The molecule has 52 heavy (non-hydrogen) atoms. The van der Waals surface area contributed by atoms with E-state index in [0.29, 0.717) is 5.41 Å². The van der Waals surface area contributed by atoms with Crippen molar-refractivity contribution >= 4 is 0 Å². The highest BCUT2D eigenvalue weighted by Crippen LogP contribution is 2.32. The van der Waals surface area contributed by atoms with Crippen molar-refractivity contribution in [3.63, 3.8) is 0 Å². The van der Waals surface area contributed by atoms with E-state index in [2.05, 4.69) is 43.3 Å². The molecule has 0 radical (unpaired) electrons. The van der Waals surface area contributed by atoms with Crippen molar-refractivity contribution in [1.82, 2.24) is 0 Å². The molecule has 2 aliphatic heterocycles. The van der Waals surface area contributed by atoms with Gasteiger partial charge in [0.1, 0.15) is 0 Å². The number of ether oxygens (including phenoxy) is 4. The van der Waals surface area contributed by atoms with Crippen LogP contribution < -0.4 is 0 Å². The van der Waals surface area contributed by atoms with E-state index < -0.39 is 0 Å². The molecule has 0 unspecified atom stereocenters. The summed E-state index contributed by atoms with van der Waals surface area (Å²) in [6.07, 6.45) is 22.7. The monoisotopic (exact) mass is 731 g/mol. The minimum Gasteiger partial charge on any atom is -0.396 e. The van der Waals surface area contributed by atoms with Gasteiger partial charge >= 0.3 is 0 Å². The van der Waals surface area contributed by atoms with Crippen molar-refractivity contribution in [1.29, 1.82) is 0 Å². The molecule has 0 aromatic heterocycles. The average Bonchev–Trinajstić information content (AvgIpc) is 3.74. The second-order valence-corrected chi connectivity index (χ2v) is 15.3. The predicted octanol–water partition coefficient (Wildman–Crippen LogP) is 11.7. The van der Waals surface area contributed by atoms with Crippen molar-refractivity contribution in [2.75, 3.05) is 52.9 Å². The molecule has 2 saturated heterocycles. The largest absolute Gasteiger partial charge is 0.396 e. The Labute approximate surface area is 321 Å². The van der Waals surface area contributed by atoms with Crippen molar-refractivity contribution < 1.29 is 29.2 Å². The van der Waals surface area contributed by atoms with E-state index in [1.807, 2.05) is 31.2 Å². The van der Waals surface area contributed by atoms with Crippen LogP contribution in [0, 0.1) is 10.8 Å². The Morgan fingerprint density at radius 3 is 1.35 bits per heavy atom.